The van der Waals surface area contributed by atoms with Crippen molar-refractivity contribution in [1.29, 1.82) is 0 Å². The molecule has 2 N–H and O–H groups in total. The van der Waals surface area contributed by atoms with E-state index in [1.165, 1.54) is 42.3 Å². The number of aryl methyl sites for hydroxylation is 2. The second kappa shape index (κ2) is 8.43. The summed E-state index contributed by atoms with van der Waals surface area (Å²) in [4.78, 5) is 35.3. The fourth-order valence-corrected chi connectivity index (χ4v) is 2.73. The molecule has 2 amide bonds. The van der Waals surface area contributed by atoms with Gasteiger partial charge in [0.15, 0.2) is 0 Å². The van der Waals surface area contributed by atoms with E-state index in [4.69, 9.17) is 4.74 Å². The van der Waals surface area contributed by atoms with Gasteiger partial charge in [0.05, 0.1) is 17.7 Å². The molecule has 10 heteroatoms. The van der Waals surface area contributed by atoms with Crippen molar-refractivity contribution in [3.8, 4) is 5.88 Å². The minimum atomic E-state index is -0.524. The number of hydrogen-bond donors (Lipinski definition) is 2. The molecule has 3 aromatic rings. The van der Waals surface area contributed by atoms with Crippen LogP contribution in [0.25, 0.3) is 0 Å². The van der Waals surface area contributed by atoms with Gasteiger partial charge in [-0.2, -0.15) is 0 Å². The highest BCUT2D eigenvalue weighted by atomic mass is 16.6. The average Bonchev–Trinajstić information content (AvgIpc) is 3.11. The molecule has 0 fully saturated rings. The van der Waals surface area contributed by atoms with Crippen molar-refractivity contribution in [1.82, 2.24) is 9.78 Å². The molecule has 10 nitrogen and oxygen atoms in total. The van der Waals surface area contributed by atoms with Crippen LogP contribution in [0.4, 0.5) is 17.1 Å². The number of benzene rings is 2. The smallest absolute Gasteiger partial charge is 0.271 e. The van der Waals surface area contributed by atoms with Crippen molar-refractivity contribution in [2.75, 3.05) is 17.7 Å². The Labute approximate surface area is 171 Å². The van der Waals surface area contributed by atoms with E-state index in [1.807, 2.05) is 0 Å². The predicted molar refractivity (Wildman–Crippen MR) is 110 cm³/mol. The number of ether oxygens (including phenoxy) is 1. The molecule has 1 aromatic heterocycles. The Morgan fingerprint density at radius 2 is 1.80 bits per heavy atom. The fourth-order valence-electron chi connectivity index (χ4n) is 2.73. The third kappa shape index (κ3) is 4.43. The summed E-state index contributed by atoms with van der Waals surface area (Å²) in [5.41, 5.74) is 2.04. The van der Waals surface area contributed by atoms with Crippen molar-refractivity contribution in [2.24, 2.45) is 7.05 Å². The van der Waals surface area contributed by atoms with Crippen LogP contribution in [0.5, 0.6) is 5.88 Å². The molecule has 0 saturated heterocycles. The largest absolute Gasteiger partial charge is 0.479 e. The van der Waals surface area contributed by atoms with E-state index in [2.05, 4.69) is 15.7 Å². The molecular formula is C20H19N5O5. The number of carbonyl (C=O) groups excluding carboxylic acids is 2. The van der Waals surface area contributed by atoms with Gasteiger partial charge in [0, 0.05) is 36.6 Å². The van der Waals surface area contributed by atoms with Crippen LogP contribution in [0.3, 0.4) is 0 Å². The molecular weight excluding hydrogens is 390 g/mol. The van der Waals surface area contributed by atoms with Crippen LogP contribution < -0.4 is 15.4 Å². The van der Waals surface area contributed by atoms with Gasteiger partial charge in [0.25, 0.3) is 17.5 Å². The molecule has 0 radical (unpaired) electrons. The third-order valence-corrected chi connectivity index (χ3v) is 4.32. The third-order valence-electron chi connectivity index (χ3n) is 4.32. The van der Waals surface area contributed by atoms with Crippen molar-refractivity contribution < 1.29 is 19.2 Å². The molecule has 0 unspecified atom stereocenters. The van der Waals surface area contributed by atoms with Gasteiger partial charge < -0.3 is 15.4 Å². The van der Waals surface area contributed by atoms with Gasteiger partial charge in [-0.3, -0.25) is 24.4 Å². The molecule has 3 rings (SSSR count). The molecule has 2 aromatic carbocycles. The number of nitrogens with one attached hydrogen (secondary N) is 2. The number of amides is 2. The zero-order chi connectivity index (χ0) is 21.8. The number of nitrogens with zero attached hydrogens (tertiary/aromatic N) is 3. The first-order chi connectivity index (χ1) is 14.3. The van der Waals surface area contributed by atoms with Crippen LogP contribution in [0, 0.1) is 17.0 Å². The minimum absolute atomic E-state index is 0.111. The minimum Gasteiger partial charge on any atom is -0.479 e. The Morgan fingerprint density at radius 1 is 1.10 bits per heavy atom. The van der Waals surface area contributed by atoms with E-state index in [0.717, 1.165) is 0 Å². The second-order valence-corrected chi connectivity index (χ2v) is 6.47. The van der Waals surface area contributed by atoms with Gasteiger partial charge in [0.1, 0.15) is 5.56 Å². The van der Waals surface area contributed by atoms with E-state index in [0.29, 0.717) is 22.5 Å². The van der Waals surface area contributed by atoms with Crippen LogP contribution in [-0.4, -0.2) is 33.6 Å². The van der Waals surface area contributed by atoms with Gasteiger partial charge in [-0.1, -0.05) is 6.07 Å². The lowest BCUT2D eigenvalue weighted by Gasteiger charge is -2.09. The van der Waals surface area contributed by atoms with Crippen LogP contribution >= 0.6 is 0 Å². The number of non-ortho nitro benzene ring substituents is 1. The van der Waals surface area contributed by atoms with Crippen molar-refractivity contribution >= 4 is 28.9 Å². The molecule has 1 heterocycles. The lowest BCUT2D eigenvalue weighted by Crippen LogP contribution is -2.14. The summed E-state index contributed by atoms with van der Waals surface area (Å²) in [6.07, 6.45) is 1.54. The number of nitro benzene ring substituents is 1. The standard InChI is InChI=1S/C20H19N5O5/c1-12-4-9-15(25(28)29)10-17(12)22-18(26)13-5-7-14(8-6-13)21-19(27)16-11-24(2)23-20(16)30-3/h4-11H,1-3H3,(H,21,27)(H,22,26). The Balaban J connectivity index is 1.71. The number of carbonyl (C=O) groups is 2. The summed E-state index contributed by atoms with van der Waals surface area (Å²) < 4.78 is 6.55. The highest BCUT2D eigenvalue weighted by Crippen LogP contribution is 2.23. The van der Waals surface area contributed by atoms with Crippen LogP contribution in [0.15, 0.2) is 48.7 Å². The van der Waals surface area contributed by atoms with Crippen molar-refractivity contribution in [2.45, 2.75) is 6.92 Å². The van der Waals surface area contributed by atoms with E-state index in [-0.39, 0.29) is 17.1 Å². The number of nitro groups is 1. The Kier molecular flexibility index (Phi) is 5.77. The van der Waals surface area contributed by atoms with Gasteiger partial charge in [-0.05, 0) is 36.8 Å². The van der Waals surface area contributed by atoms with Gasteiger partial charge in [-0.25, -0.2) is 0 Å². The number of anilines is 2. The van der Waals surface area contributed by atoms with Crippen LogP contribution in [-0.2, 0) is 7.05 Å². The number of hydrogen-bond acceptors (Lipinski definition) is 6. The quantitative estimate of drug-likeness (QED) is 0.475. The Bertz CT molecular complexity index is 1120. The predicted octanol–water partition coefficient (Wildman–Crippen LogP) is 3.15. The highest BCUT2D eigenvalue weighted by Gasteiger charge is 2.17. The van der Waals surface area contributed by atoms with Gasteiger partial charge >= 0.3 is 0 Å². The molecule has 0 bridgehead atoms. The first kappa shape index (κ1) is 20.5. The summed E-state index contributed by atoms with van der Waals surface area (Å²) in [6, 6.07) is 10.5. The second-order valence-electron chi connectivity index (χ2n) is 6.47. The van der Waals surface area contributed by atoms with Crippen LogP contribution in [0.1, 0.15) is 26.3 Å². The zero-order valence-corrected chi connectivity index (χ0v) is 16.5. The normalized spacial score (nSPS) is 10.4. The van der Waals surface area contributed by atoms with Gasteiger partial charge in [0.2, 0.25) is 5.88 Å². The highest BCUT2D eigenvalue weighted by molar-refractivity contribution is 6.07. The van der Waals surface area contributed by atoms with E-state index < -0.39 is 16.7 Å². The van der Waals surface area contributed by atoms with Crippen molar-refractivity contribution in [3.63, 3.8) is 0 Å². The maximum atomic E-state index is 12.5. The topological polar surface area (TPSA) is 128 Å². The lowest BCUT2D eigenvalue weighted by atomic mass is 10.1. The monoisotopic (exact) mass is 409 g/mol. The SMILES string of the molecule is COc1nn(C)cc1C(=O)Nc1ccc(C(=O)Nc2cc([N+](=O)[O-])ccc2C)cc1. The van der Waals surface area contributed by atoms with E-state index in [9.17, 15) is 19.7 Å². The molecule has 154 valence electrons. The lowest BCUT2D eigenvalue weighted by molar-refractivity contribution is -0.384. The summed E-state index contributed by atoms with van der Waals surface area (Å²) in [6.45, 7) is 1.74. The molecule has 0 saturated carbocycles. The molecule has 0 aliphatic carbocycles. The summed E-state index contributed by atoms with van der Waals surface area (Å²) in [5, 5.41) is 20.3. The maximum Gasteiger partial charge on any atom is 0.271 e. The number of rotatable bonds is 6. The Hall–Kier alpha value is -4.21. The number of aromatic nitrogens is 2. The Morgan fingerprint density at radius 3 is 2.43 bits per heavy atom. The summed E-state index contributed by atoms with van der Waals surface area (Å²) in [5.74, 6) is -0.618. The van der Waals surface area contributed by atoms with Crippen LogP contribution in [0.2, 0.25) is 0 Å². The maximum absolute atomic E-state index is 12.5. The molecule has 30 heavy (non-hydrogen) atoms. The van der Waals surface area contributed by atoms with Crippen molar-refractivity contribution in [3.05, 3.63) is 75.5 Å². The molecule has 0 atom stereocenters. The first-order valence-corrected chi connectivity index (χ1v) is 8.84. The summed E-state index contributed by atoms with van der Waals surface area (Å²) >= 11 is 0. The molecule has 0 aliphatic rings. The summed E-state index contributed by atoms with van der Waals surface area (Å²) in [7, 11) is 3.10. The average molecular weight is 409 g/mol. The number of methoxy groups -OCH3 is 1. The molecule has 0 spiro atoms. The van der Waals surface area contributed by atoms with E-state index in [1.54, 1.807) is 32.2 Å². The van der Waals surface area contributed by atoms with E-state index >= 15 is 0 Å². The molecule has 0 aliphatic heterocycles. The zero-order valence-electron chi connectivity index (χ0n) is 16.5. The van der Waals surface area contributed by atoms with Gasteiger partial charge in [-0.15, -0.1) is 5.10 Å². The fraction of sp³-hybridized carbons (Fsp3) is 0.150. The first-order valence-electron chi connectivity index (χ1n) is 8.84.